The molecule has 1 aromatic heterocycles. The molecule has 1 fully saturated rings. The maximum Gasteiger partial charge on any atom is 0.128 e. The molecule has 2 unspecified atom stereocenters. The average Bonchev–Trinajstić information content (AvgIpc) is 2.73. The Morgan fingerprint density at radius 1 is 1.69 bits per heavy atom. The third-order valence-electron chi connectivity index (χ3n) is 2.42. The van der Waals surface area contributed by atoms with Gasteiger partial charge in [0.15, 0.2) is 0 Å². The van der Waals surface area contributed by atoms with Gasteiger partial charge in [-0.15, -0.1) is 0 Å². The molecule has 1 aromatic rings. The first-order valence-electron chi connectivity index (χ1n) is 4.17. The first kappa shape index (κ1) is 8.68. The third-order valence-corrected chi connectivity index (χ3v) is 2.42. The minimum absolute atomic E-state index is 0.277. The summed E-state index contributed by atoms with van der Waals surface area (Å²) < 4.78 is 9.76. The summed E-state index contributed by atoms with van der Waals surface area (Å²) >= 11 is 0. The molecule has 1 aliphatic rings. The van der Waals surface area contributed by atoms with Crippen molar-refractivity contribution >= 4 is 0 Å². The van der Waals surface area contributed by atoms with Gasteiger partial charge < -0.3 is 20.1 Å². The van der Waals surface area contributed by atoms with Gasteiger partial charge in [-0.25, -0.2) is 0 Å². The third kappa shape index (κ3) is 1.46. The van der Waals surface area contributed by atoms with E-state index in [-0.39, 0.29) is 6.61 Å². The quantitative estimate of drug-likeness (QED) is 0.666. The molecule has 0 aromatic carbocycles. The maximum atomic E-state index is 10.0. The van der Waals surface area contributed by atoms with Gasteiger partial charge in [-0.3, -0.25) is 0 Å². The standard InChI is InChI=1S/C8H12N2O3/c9-7(6-3-10-13-4-6)8(11)1-2-12-5-8/h3-4,7,11H,1-2,5,9H2. The van der Waals surface area contributed by atoms with Gasteiger partial charge >= 0.3 is 0 Å². The minimum atomic E-state index is -0.967. The van der Waals surface area contributed by atoms with Crippen molar-refractivity contribution in [2.45, 2.75) is 18.1 Å². The van der Waals surface area contributed by atoms with Crippen molar-refractivity contribution in [1.82, 2.24) is 5.16 Å². The Bertz CT molecular complexity index is 267. The zero-order chi connectivity index (χ0) is 9.31. The Balaban J connectivity index is 2.16. The predicted octanol–water partition coefficient (Wildman–Crippen LogP) is -0.174. The summed E-state index contributed by atoms with van der Waals surface area (Å²) in [6.45, 7) is 0.828. The molecule has 5 heteroatoms. The molecule has 72 valence electrons. The first-order chi connectivity index (χ1) is 6.22. The molecule has 0 amide bonds. The maximum absolute atomic E-state index is 10.0. The number of aliphatic hydroxyl groups is 1. The molecule has 5 nitrogen and oxygen atoms in total. The van der Waals surface area contributed by atoms with Crippen LogP contribution in [0.4, 0.5) is 0 Å². The smallest absolute Gasteiger partial charge is 0.128 e. The van der Waals surface area contributed by atoms with Crippen LogP contribution in [0.15, 0.2) is 17.0 Å². The van der Waals surface area contributed by atoms with Gasteiger partial charge in [0.05, 0.1) is 18.8 Å². The van der Waals surface area contributed by atoms with Crippen molar-refractivity contribution in [2.24, 2.45) is 5.73 Å². The van der Waals surface area contributed by atoms with Crippen LogP contribution in [0.5, 0.6) is 0 Å². The van der Waals surface area contributed by atoms with Crippen LogP contribution in [-0.2, 0) is 4.74 Å². The van der Waals surface area contributed by atoms with Crippen LogP contribution in [0.2, 0.25) is 0 Å². The number of nitrogens with zero attached hydrogens (tertiary/aromatic N) is 1. The van der Waals surface area contributed by atoms with Crippen LogP contribution < -0.4 is 5.73 Å². The zero-order valence-electron chi connectivity index (χ0n) is 7.14. The lowest BCUT2D eigenvalue weighted by molar-refractivity contribution is 0.00334. The molecule has 3 N–H and O–H groups in total. The summed E-state index contributed by atoms with van der Waals surface area (Å²) in [6.07, 6.45) is 3.52. The molecule has 2 heterocycles. The van der Waals surface area contributed by atoms with Crippen molar-refractivity contribution in [3.63, 3.8) is 0 Å². The van der Waals surface area contributed by atoms with Gasteiger partial charge in [0.2, 0.25) is 0 Å². The van der Waals surface area contributed by atoms with E-state index in [2.05, 4.69) is 9.68 Å². The molecule has 2 atom stereocenters. The van der Waals surface area contributed by atoms with Gasteiger partial charge in [-0.2, -0.15) is 0 Å². The largest absolute Gasteiger partial charge is 0.385 e. The molecule has 0 saturated carbocycles. The molecule has 0 aliphatic carbocycles. The van der Waals surface area contributed by atoms with E-state index in [0.29, 0.717) is 18.6 Å². The van der Waals surface area contributed by atoms with Gasteiger partial charge in [0, 0.05) is 18.6 Å². The summed E-state index contributed by atoms with van der Waals surface area (Å²) in [4.78, 5) is 0. The average molecular weight is 184 g/mol. The highest BCUT2D eigenvalue weighted by Gasteiger charge is 2.39. The molecule has 0 spiro atoms. The topological polar surface area (TPSA) is 81.5 Å². The normalized spacial score (nSPS) is 30.6. The van der Waals surface area contributed by atoms with Crippen LogP contribution >= 0.6 is 0 Å². The summed E-state index contributed by atoms with van der Waals surface area (Å²) in [5, 5.41) is 13.6. The number of ether oxygens (including phenoxy) is 1. The van der Waals surface area contributed by atoms with E-state index in [4.69, 9.17) is 10.5 Å². The van der Waals surface area contributed by atoms with E-state index in [0.717, 1.165) is 0 Å². The van der Waals surface area contributed by atoms with Gasteiger partial charge in [-0.05, 0) is 0 Å². The van der Waals surface area contributed by atoms with Gasteiger partial charge in [0.25, 0.3) is 0 Å². The van der Waals surface area contributed by atoms with Crippen LogP contribution in [-0.4, -0.2) is 29.1 Å². The Hall–Kier alpha value is -0.910. The first-order valence-corrected chi connectivity index (χ1v) is 4.17. The molecule has 1 saturated heterocycles. The molecular weight excluding hydrogens is 172 g/mol. The Labute approximate surface area is 75.5 Å². The second kappa shape index (κ2) is 3.10. The van der Waals surface area contributed by atoms with Crippen LogP contribution in [0.3, 0.4) is 0 Å². The SMILES string of the molecule is NC(c1cnoc1)C1(O)CCOC1. The van der Waals surface area contributed by atoms with Crippen LogP contribution in [0.1, 0.15) is 18.0 Å². The lowest BCUT2D eigenvalue weighted by Crippen LogP contribution is -2.41. The van der Waals surface area contributed by atoms with Gasteiger partial charge in [0.1, 0.15) is 11.9 Å². The number of hydrogen-bond donors (Lipinski definition) is 2. The molecule has 13 heavy (non-hydrogen) atoms. The number of hydrogen-bond acceptors (Lipinski definition) is 5. The molecular formula is C8H12N2O3. The van der Waals surface area contributed by atoms with E-state index in [1.165, 1.54) is 12.5 Å². The minimum Gasteiger partial charge on any atom is -0.385 e. The molecule has 0 radical (unpaired) electrons. The van der Waals surface area contributed by atoms with Gasteiger partial charge in [-0.1, -0.05) is 5.16 Å². The molecule has 2 rings (SSSR count). The monoisotopic (exact) mass is 184 g/mol. The fraction of sp³-hybridized carbons (Fsp3) is 0.625. The van der Waals surface area contributed by atoms with Crippen molar-refractivity contribution in [3.8, 4) is 0 Å². The Morgan fingerprint density at radius 2 is 2.54 bits per heavy atom. The summed E-state index contributed by atoms with van der Waals surface area (Å²) in [6, 6.07) is -0.485. The highest BCUT2D eigenvalue weighted by molar-refractivity contribution is 5.13. The van der Waals surface area contributed by atoms with E-state index >= 15 is 0 Å². The summed E-state index contributed by atoms with van der Waals surface area (Å²) in [5.74, 6) is 0. The lowest BCUT2D eigenvalue weighted by atomic mass is 9.90. The fourth-order valence-electron chi connectivity index (χ4n) is 1.49. The van der Waals surface area contributed by atoms with E-state index in [1.54, 1.807) is 0 Å². The number of nitrogens with two attached hydrogens (primary N) is 1. The Kier molecular flexibility index (Phi) is 2.07. The van der Waals surface area contributed by atoms with Crippen molar-refractivity contribution in [1.29, 1.82) is 0 Å². The van der Waals surface area contributed by atoms with Crippen LogP contribution in [0.25, 0.3) is 0 Å². The van der Waals surface area contributed by atoms with Crippen molar-refractivity contribution < 1.29 is 14.4 Å². The molecule has 0 bridgehead atoms. The predicted molar refractivity (Wildman–Crippen MR) is 43.8 cm³/mol. The lowest BCUT2D eigenvalue weighted by Gasteiger charge is -2.26. The zero-order valence-corrected chi connectivity index (χ0v) is 7.14. The second-order valence-corrected chi connectivity index (χ2v) is 3.34. The summed E-state index contributed by atoms with van der Waals surface area (Å²) in [7, 11) is 0. The highest BCUT2D eigenvalue weighted by Crippen LogP contribution is 2.30. The van der Waals surface area contributed by atoms with Crippen molar-refractivity contribution in [3.05, 3.63) is 18.0 Å². The van der Waals surface area contributed by atoms with Crippen LogP contribution in [0, 0.1) is 0 Å². The molecule has 1 aliphatic heterocycles. The van der Waals surface area contributed by atoms with E-state index in [9.17, 15) is 5.11 Å². The van der Waals surface area contributed by atoms with E-state index < -0.39 is 11.6 Å². The Morgan fingerprint density at radius 3 is 3.08 bits per heavy atom. The van der Waals surface area contributed by atoms with E-state index in [1.807, 2.05) is 0 Å². The fourth-order valence-corrected chi connectivity index (χ4v) is 1.49. The second-order valence-electron chi connectivity index (χ2n) is 3.34. The number of rotatable bonds is 2. The van der Waals surface area contributed by atoms with Crippen molar-refractivity contribution in [2.75, 3.05) is 13.2 Å². The number of aromatic nitrogens is 1. The highest BCUT2D eigenvalue weighted by atomic mass is 16.5. The summed E-state index contributed by atoms with van der Waals surface area (Å²) in [5.41, 5.74) is 5.58.